The number of hydrogen-bond donors (Lipinski definition) is 0. The van der Waals surface area contributed by atoms with Gasteiger partial charge in [-0.05, 0) is 0 Å². The molecule has 0 bridgehead atoms. The van der Waals surface area contributed by atoms with Gasteiger partial charge in [0.1, 0.15) is 0 Å². The van der Waals surface area contributed by atoms with E-state index in [1.54, 1.807) is 8.79 Å². The zero-order valence-corrected chi connectivity index (χ0v) is 38.6. The van der Waals surface area contributed by atoms with Crippen molar-refractivity contribution in [2.45, 2.75) is 83.1 Å². The van der Waals surface area contributed by atoms with Crippen molar-refractivity contribution in [2.75, 3.05) is 0 Å². The second-order valence-corrected chi connectivity index (χ2v) is 39.0. The fourth-order valence-electron chi connectivity index (χ4n) is 9.50. The standard InChI is InChI=1S/C48H50GeS4/c1-27-19-31(5)43(32(6)20-27)39-15-13-16-40(44-33(7)21-28(2)22-34(44)8)47(39)49(50-52-53-51-49)48-41(45-35(9)23-29(3)24-36(45)10)17-14-18-42(48)46-37(11)25-30(4)26-38(46)12/h13-26H,1-12H3. The molecule has 1 aliphatic rings. The minimum atomic E-state index is -3.58. The summed E-state index contributed by atoms with van der Waals surface area (Å²) >= 11 is 0. The van der Waals surface area contributed by atoms with Crippen molar-refractivity contribution in [1.82, 2.24) is 0 Å². The van der Waals surface area contributed by atoms with Gasteiger partial charge in [0.15, 0.2) is 0 Å². The topological polar surface area (TPSA) is 0 Å². The van der Waals surface area contributed by atoms with E-state index < -0.39 is 11.0 Å². The average Bonchev–Trinajstić information content (AvgIpc) is 3.53. The predicted molar refractivity (Wildman–Crippen MR) is 247 cm³/mol. The Morgan fingerprint density at radius 2 is 0.528 bits per heavy atom. The van der Waals surface area contributed by atoms with Crippen LogP contribution in [0, 0.1) is 83.1 Å². The molecular formula is C48H50GeS4. The first-order valence-corrected chi connectivity index (χ1v) is 30.6. The maximum atomic E-state index is 2.46. The van der Waals surface area contributed by atoms with Gasteiger partial charge in [-0.1, -0.05) is 0 Å². The Hall–Kier alpha value is -2.74. The van der Waals surface area contributed by atoms with Gasteiger partial charge in [0.2, 0.25) is 0 Å². The number of aryl methyl sites for hydroxylation is 12. The van der Waals surface area contributed by atoms with Crippen molar-refractivity contribution in [3.05, 3.63) is 152 Å². The molecule has 0 nitrogen and oxygen atoms in total. The van der Waals surface area contributed by atoms with E-state index >= 15 is 0 Å². The molecule has 0 atom stereocenters. The fourth-order valence-corrected chi connectivity index (χ4v) is 65.6. The van der Waals surface area contributed by atoms with Crippen LogP contribution in [0.1, 0.15) is 66.8 Å². The molecule has 0 unspecified atom stereocenters. The molecule has 6 aromatic carbocycles. The normalized spacial score (nSPS) is 13.9. The van der Waals surface area contributed by atoms with Crippen LogP contribution in [0.3, 0.4) is 0 Å². The zero-order chi connectivity index (χ0) is 37.9. The van der Waals surface area contributed by atoms with Gasteiger partial charge in [0.05, 0.1) is 0 Å². The Morgan fingerprint density at radius 3 is 0.736 bits per heavy atom. The molecule has 1 aliphatic heterocycles. The number of rotatable bonds is 6. The summed E-state index contributed by atoms with van der Waals surface area (Å²) in [5, 5.41) is 0. The molecule has 0 saturated carbocycles. The molecule has 7 rings (SSSR count). The molecule has 1 fully saturated rings. The molecular weight excluding hydrogens is 777 g/mol. The van der Waals surface area contributed by atoms with Gasteiger partial charge in [0, 0.05) is 0 Å². The summed E-state index contributed by atoms with van der Waals surface area (Å²) < 4.78 is 3.17. The van der Waals surface area contributed by atoms with Gasteiger partial charge < -0.3 is 0 Å². The monoisotopic (exact) mass is 828 g/mol. The number of hydrogen-bond acceptors (Lipinski definition) is 4. The molecule has 0 radical (unpaired) electrons. The van der Waals surface area contributed by atoms with E-state index in [-0.39, 0.29) is 0 Å². The third kappa shape index (κ3) is 6.90. The molecule has 270 valence electrons. The molecule has 0 aromatic heterocycles. The third-order valence-corrected chi connectivity index (χ3v) is 49.0. The minimum absolute atomic E-state index is 1.32. The van der Waals surface area contributed by atoms with Gasteiger partial charge >= 0.3 is 337 Å². The van der Waals surface area contributed by atoms with E-state index in [4.69, 9.17) is 0 Å². The second kappa shape index (κ2) is 15.1. The van der Waals surface area contributed by atoms with E-state index in [9.17, 15) is 0 Å². The van der Waals surface area contributed by atoms with Crippen LogP contribution in [0.15, 0.2) is 84.9 Å². The van der Waals surface area contributed by atoms with Gasteiger partial charge in [-0.25, -0.2) is 0 Å². The molecule has 0 aliphatic carbocycles. The van der Waals surface area contributed by atoms with E-state index in [0.29, 0.717) is 0 Å². The summed E-state index contributed by atoms with van der Waals surface area (Å²) in [4.78, 5) is 0. The molecule has 0 spiro atoms. The molecule has 1 saturated heterocycles. The molecule has 0 amide bonds. The van der Waals surface area contributed by atoms with Gasteiger partial charge in [-0.3, -0.25) is 0 Å². The van der Waals surface area contributed by atoms with E-state index in [2.05, 4.69) is 186 Å². The van der Waals surface area contributed by atoms with Gasteiger partial charge in [0.25, 0.3) is 0 Å². The van der Waals surface area contributed by atoms with Gasteiger partial charge in [-0.2, -0.15) is 0 Å². The summed E-state index contributed by atoms with van der Waals surface area (Å²) in [6.07, 6.45) is 0. The quantitative estimate of drug-likeness (QED) is 0.121. The zero-order valence-electron chi connectivity index (χ0n) is 33.2. The van der Waals surface area contributed by atoms with Crippen LogP contribution in [-0.2, 0) is 0 Å². The predicted octanol–water partition coefficient (Wildman–Crippen LogP) is 14.3. The molecule has 0 N–H and O–H groups in total. The SMILES string of the molecule is Cc1cc(C)c(-c2cccc(-c3c(C)cc(C)cc3C)[c]2[Ge]2([c]3c(-c4c(C)cc(C)cc4C)cccc3-c3c(C)cc(C)cc3C)[S]SS[S]2)c(C)c1. The summed E-state index contributed by atoms with van der Waals surface area (Å²) in [5.74, 6) is 0. The Bertz CT molecular complexity index is 2020. The van der Waals surface area contributed by atoms with Crippen molar-refractivity contribution >= 4 is 57.7 Å². The average molecular weight is 828 g/mol. The Kier molecular flexibility index (Phi) is 11.0. The van der Waals surface area contributed by atoms with Crippen LogP contribution < -0.4 is 8.79 Å². The molecule has 1 heterocycles. The van der Waals surface area contributed by atoms with Crippen LogP contribution in [0.5, 0.6) is 0 Å². The Labute approximate surface area is 334 Å². The van der Waals surface area contributed by atoms with E-state index in [1.165, 1.54) is 111 Å². The summed E-state index contributed by atoms with van der Waals surface area (Å²) in [5.41, 5.74) is 27.4. The van der Waals surface area contributed by atoms with E-state index in [1.807, 2.05) is 19.7 Å². The first-order valence-electron chi connectivity index (χ1n) is 18.5. The summed E-state index contributed by atoms with van der Waals surface area (Å²) in [6.45, 7) is 27.5. The maximum absolute atomic E-state index is 3.58. The molecule has 6 aromatic rings. The van der Waals surface area contributed by atoms with Crippen LogP contribution in [0.4, 0.5) is 0 Å². The number of benzene rings is 6. The van der Waals surface area contributed by atoms with Crippen LogP contribution in [-0.4, -0.2) is 11.0 Å². The fraction of sp³-hybridized carbons (Fsp3) is 0.250. The van der Waals surface area contributed by atoms with E-state index in [0.717, 1.165) is 0 Å². The Balaban J connectivity index is 1.73. The van der Waals surface area contributed by atoms with Crippen LogP contribution in [0.25, 0.3) is 44.5 Å². The van der Waals surface area contributed by atoms with Crippen LogP contribution in [0.2, 0.25) is 0 Å². The molecule has 53 heavy (non-hydrogen) atoms. The summed E-state index contributed by atoms with van der Waals surface area (Å²) in [6, 6.07) is 33.6. The first-order chi connectivity index (χ1) is 25.2. The first kappa shape index (κ1) is 38.5. The summed E-state index contributed by atoms with van der Waals surface area (Å²) in [7, 11) is 4.88. The molecule has 5 heteroatoms. The van der Waals surface area contributed by atoms with Gasteiger partial charge in [-0.15, -0.1) is 0 Å². The second-order valence-electron chi connectivity index (χ2n) is 15.5. The Morgan fingerprint density at radius 1 is 0.321 bits per heavy atom. The van der Waals surface area contributed by atoms with Crippen molar-refractivity contribution < 1.29 is 0 Å². The van der Waals surface area contributed by atoms with Crippen LogP contribution >= 0.6 is 37.9 Å². The van der Waals surface area contributed by atoms with Crippen molar-refractivity contribution in [2.24, 2.45) is 0 Å². The van der Waals surface area contributed by atoms with Crippen molar-refractivity contribution in [1.29, 1.82) is 0 Å². The van der Waals surface area contributed by atoms with Crippen molar-refractivity contribution in [3.63, 3.8) is 0 Å². The van der Waals surface area contributed by atoms with Crippen molar-refractivity contribution in [3.8, 4) is 44.5 Å². The third-order valence-electron chi connectivity index (χ3n) is 10.9.